The van der Waals surface area contributed by atoms with Crippen LogP contribution in [0.1, 0.15) is 75.7 Å². The maximum absolute atomic E-state index is 2.40. The van der Waals surface area contributed by atoms with Gasteiger partial charge in [0.1, 0.15) is 0 Å². The van der Waals surface area contributed by atoms with Gasteiger partial charge in [-0.25, -0.2) is 0 Å². The van der Waals surface area contributed by atoms with Gasteiger partial charge in [-0.15, -0.1) is 0 Å². The minimum atomic E-state index is 0.371. The summed E-state index contributed by atoms with van der Waals surface area (Å²) in [5, 5.41) is 0. The van der Waals surface area contributed by atoms with Crippen molar-refractivity contribution in [2.75, 3.05) is 0 Å². The van der Waals surface area contributed by atoms with Crippen molar-refractivity contribution in [1.29, 1.82) is 0 Å². The topological polar surface area (TPSA) is 0 Å². The summed E-state index contributed by atoms with van der Waals surface area (Å²) >= 11 is 0. The molecule has 0 saturated heterocycles. The van der Waals surface area contributed by atoms with Crippen LogP contribution in [0.5, 0.6) is 0 Å². The van der Waals surface area contributed by atoms with E-state index in [0.717, 1.165) is 0 Å². The van der Waals surface area contributed by atoms with Crippen molar-refractivity contribution in [3.8, 4) is 0 Å². The molecule has 92 valence electrons. The second kappa shape index (κ2) is 3.79. The van der Waals surface area contributed by atoms with E-state index in [1.54, 1.807) is 0 Å². The van der Waals surface area contributed by atoms with Gasteiger partial charge in [-0.3, -0.25) is 0 Å². The second-order valence-electron chi connectivity index (χ2n) is 8.44. The predicted molar refractivity (Wildman–Crippen MR) is 71.1 cm³/mol. The third kappa shape index (κ3) is 3.50. The van der Waals surface area contributed by atoms with Gasteiger partial charge in [0.2, 0.25) is 0 Å². The zero-order valence-corrected chi connectivity index (χ0v) is 12.7. The van der Waals surface area contributed by atoms with Crippen molar-refractivity contribution < 1.29 is 0 Å². The highest BCUT2D eigenvalue weighted by molar-refractivity contribution is 4.92. The van der Waals surface area contributed by atoms with E-state index in [0.29, 0.717) is 21.7 Å². The molecule has 0 aliphatic rings. The van der Waals surface area contributed by atoms with Crippen LogP contribution in [0.25, 0.3) is 0 Å². The summed E-state index contributed by atoms with van der Waals surface area (Å²) < 4.78 is 0. The average Bonchev–Trinajstić information content (AvgIpc) is 1.77. The normalized spacial score (nSPS) is 15.6. The zero-order valence-electron chi connectivity index (χ0n) is 12.7. The molecule has 0 unspecified atom stereocenters. The SMILES string of the molecule is CC(C)(C)C(C)(C)CC(C)(C)C(C)(C)C. The van der Waals surface area contributed by atoms with Crippen LogP contribution >= 0.6 is 0 Å². The lowest BCUT2D eigenvalue weighted by atomic mass is 9.56. The molecule has 0 fully saturated rings. The van der Waals surface area contributed by atoms with Crippen LogP contribution in [-0.2, 0) is 0 Å². The van der Waals surface area contributed by atoms with Crippen molar-refractivity contribution in [3.05, 3.63) is 0 Å². The van der Waals surface area contributed by atoms with E-state index in [9.17, 15) is 0 Å². The highest BCUT2D eigenvalue weighted by Crippen LogP contribution is 2.51. The Morgan fingerprint density at radius 2 is 0.667 bits per heavy atom. The first kappa shape index (κ1) is 15.0. The van der Waals surface area contributed by atoms with E-state index < -0.39 is 0 Å². The first-order chi connectivity index (χ1) is 6.21. The van der Waals surface area contributed by atoms with E-state index in [2.05, 4.69) is 69.2 Å². The smallest absolute Gasteiger partial charge is 0.0300 e. The van der Waals surface area contributed by atoms with Crippen molar-refractivity contribution in [2.24, 2.45) is 21.7 Å². The van der Waals surface area contributed by atoms with Gasteiger partial charge in [0.05, 0.1) is 0 Å². The summed E-state index contributed by atoms with van der Waals surface area (Å²) in [5.41, 5.74) is 1.50. The van der Waals surface area contributed by atoms with Gasteiger partial charge in [-0.2, -0.15) is 0 Å². The molecule has 0 aliphatic carbocycles. The molecule has 0 N–H and O–H groups in total. The summed E-state index contributed by atoms with van der Waals surface area (Å²) in [6.45, 7) is 23.7. The lowest BCUT2D eigenvalue weighted by Crippen LogP contribution is -2.40. The van der Waals surface area contributed by atoms with Gasteiger partial charge in [-0.05, 0) is 28.1 Å². The third-order valence-electron chi connectivity index (χ3n) is 4.94. The molecule has 0 heteroatoms. The first-order valence-electron chi connectivity index (χ1n) is 6.21. The Balaban J connectivity index is 4.89. The molecule has 0 amide bonds. The molecule has 0 bridgehead atoms. The molecule has 0 aromatic carbocycles. The Bertz CT molecular complexity index is 181. The molecule has 0 aliphatic heterocycles. The van der Waals surface area contributed by atoms with Crippen molar-refractivity contribution in [3.63, 3.8) is 0 Å². The van der Waals surface area contributed by atoms with Crippen LogP contribution in [0.2, 0.25) is 0 Å². The number of hydrogen-bond acceptors (Lipinski definition) is 0. The van der Waals surface area contributed by atoms with Crippen molar-refractivity contribution in [1.82, 2.24) is 0 Å². The van der Waals surface area contributed by atoms with Crippen LogP contribution in [0.3, 0.4) is 0 Å². The molecule has 0 radical (unpaired) electrons. The summed E-state index contributed by atoms with van der Waals surface area (Å²) in [7, 11) is 0. The van der Waals surface area contributed by atoms with Crippen LogP contribution in [0, 0.1) is 21.7 Å². The molecule has 0 spiro atoms. The molecule has 0 aromatic rings. The van der Waals surface area contributed by atoms with Crippen LogP contribution in [0.15, 0.2) is 0 Å². The molecule has 0 heterocycles. The van der Waals surface area contributed by atoms with Gasteiger partial charge < -0.3 is 0 Å². The maximum Gasteiger partial charge on any atom is -0.0300 e. The van der Waals surface area contributed by atoms with Gasteiger partial charge in [-0.1, -0.05) is 69.2 Å². The average molecular weight is 212 g/mol. The fraction of sp³-hybridized carbons (Fsp3) is 1.00. The standard InChI is InChI=1S/C15H32/c1-12(2,3)14(7,8)11-15(9,10)13(4,5)6/h11H2,1-10H3. The van der Waals surface area contributed by atoms with Gasteiger partial charge in [0.15, 0.2) is 0 Å². The van der Waals surface area contributed by atoms with Gasteiger partial charge >= 0.3 is 0 Å². The molecule has 15 heavy (non-hydrogen) atoms. The van der Waals surface area contributed by atoms with E-state index >= 15 is 0 Å². The monoisotopic (exact) mass is 212 g/mol. The molecular weight excluding hydrogens is 180 g/mol. The first-order valence-corrected chi connectivity index (χ1v) is 6.21. The Hall–Kier alpha value is 0. The summed E-state index contributed by atoms with van der Waals surface area (Å²) in [4.78, 5) is 0. The zero-order chi connectivity index (χ0) is 12.7. The quantitative estimate of drug-likeness (QED) is 0.565. The highest BCUT2D eigenvalue weighted by Gasteiger charge is 2.42. The molecular formula is C15H32. The lowest BCUT2D eigenvalue weighted by molar-refractivity contribution is 0.0109. The van der Waals surface area contributed by atoms with Crippen LogP contribution < -0.4 is 0 Å². The predicted octanol–water partition coefficient (Wildman–Crippen LogP) is 5.52. The highest BCUT2D eigenvalue weighted by atomic mass is 14.5. The minimum Gasteiger partial charge on any atom is -0.0597 e. The van der Waals surface area contributed by atoms with E-state index in [4.69, 9.17) is 0 Å². The summed E-state index contributed by atoms with van der Waals surface area (Å²) in [6, 6.07) is 0. The Morgan fingerprint density at radius 3 is 0.800 bits per heavy atom. The summed E-state index contributed by atoms with van der Waals surface area (Å²) in [5.74, 6) is 0. The number of rotatable bonds is 2. The second-order valence-corrected chi connectivity index (χ2v) is 8.44. The van der Waals surface area contributed by atoms with Gasteiger partial charge in [0.25, 0.3) is 0 Å². The molecule has 0 atom stereocenters. The number of hydrogen-bond donors (Lipinski definition) is 0. The van der Waals surface area contributed by atoms with Gasteiger partial charge in [0, 0.05) is 0 Å². The Morgan fingerprint density at radius 1 is 0.467 bits per heavy atom. The molecule has 0 aromatic heterocycles. The van der Waals surface area contributed by atoms with Crippen LogP contribution in [0.4, 0.5) is 0 Å². The van der Waals surface area contributed by atoms with Crippen molar-refractivity contribution >= 4 is 0 Å². The Labute approximate surface area is 97.8 Å². The maximum atomic E-state index is 2.40. The van der Waals surface area contributed by atoms with E-state index in [1.165, 1.54) is 6.42 Å². The molecule has 0 nitrogen and oxygen atoms in total. The van der Waals surface area contributed by atoms with E-state index in [-0.39, 0.29) is 0 Å². The fourth-order valence-electron chi connectivity index (χ4n) is 1.64. The third-order valence-corrected chi connectivity index (χ3v) is 4.94. The molecule has 0 saturated carbocycles. The molecule has 0 rings (SSSR count). The largest absolute Gasteiger partial charge is 0.0597 e. The minimum absolute atomic E-state index is 0.371. The van der Waals surface area contributed by atoms with Crippen LogP contribution in [-0.4, -0.2) is 0 Å². The van der Waals surface area contributed by atoms with E-state index in [1.807, 2.05) is 0 Å². The Kier molecular flexibility index (Phi) is 3.79. The summed E-state index contributed by atoms with van der Waals surface area (Å²) in [6.07, 6.45) is 1.27. The lowest BCUT2D eigenvalue weighted by Gasteiger charge is -2.49. The van der Waals surface area contributed by atoms with Crippen molar-refractivity contribution in [2.45, 2.75) is 75.7 Å². The fourth-order valence-corrected chi connectivity index (χ4v) is 1.64.